The van der Waals surface area contributed by atoms with Gasteiger partial charge in [0.1, 0.15) is 0 Å². The average molecular weight is 466 g/mol. The van der Waals surface area contributed by atoms with E-state index < -0.39 is 6.61 Å². The summed E-state index contributed by atoms with van der Waals surface area (Å²) in [6.07, 6.45) is 1.94. The first-order valence-electron chi connectivity index (χ1n) is 10.4. The second-order valence-corrected chi connectivity index (χ2v) is 6.54. The summed E-state index contributed by atoms with van der Waals surface area (Å²) in [6, 6.07) is 9.96. The summed E-state index contributed by atoms with van der Waals surface area (Å²) >= 11 is 0. The highest BCUT2D eigenvalue weighted by Crippen LogP contribution is 2.29. The summed E-state index contributed by atoms with van der Waals surface area (Å²) in [5.41, 5.74) is 1.52. The molecule has 0 saturated heterocycles. The Morgan fingerprint density at radius 1 is 1.03 bits per heavy atom. The lowest BCUT2D eigenvalue weighted by Crippen LogP contribution is -2.28. The monoisotopic (exact) mass is 466 g/mol. The van der Waals surface area contributed by atoms with E-state index in [0.29, 0.717) is 43.2 Å². The number of methoxy groups -OCH3 is 1. The molecule has 0 aliphatic rings. The number of oxime groups is 1. The zero-order chi connectivity index (χ0) is 24.1. The van der Waals surface area contributed by atoms with E-state index in [4.69, 9.17) is 19.0 Å². The normalized spacial score (nSPS) is 10.8. The fraction of sp³-hybridized carbons (Fsp3) is 0.391. The molecule has 0 fully saturated rings. The molecule has 2 aromatic carbocycles. The molecular formula is C23H28F2N2O6. The zero-order valence-electron chi connectivity index (χ0n) is 18.8. The molecule has 2 rings (SSSR count). The van der Waals surface area contributed by atoms with Crippen LogP contribution >= 0.6 is 0 Å². The van der Waals surface area contributed by atoms with Gasteiger partial charge in [0, 0.05) is 12.1 Å². The maximum atomic E-state index is 12.4. The number of benzene rings is 2. The first kappa shape index (κ1) is 25.7. The lowest BCUT2D eigenvalue weighted by atomic mass is 10.1. The van der Waals surface area contributed by atoms with E-state index in [9.17, 15) is 13.6 Å². The Labute approximate surface area is 191 Å². The number of hydrogen-bond acceptors (Lipinski definition) is 7. The number of nitrogens with zero attached hydrogens (tertiary/aromatic N) is 1. The van der Waals surface area contributed by atoms with Crippen LogP contribution in [0.3, 0.4) is 0 Å². The molecule has 0 radical (unpaired) electrons. The van der Waals surface area contributed by atoms with E-state index in [1.54, 1.807) is 0 Å². The minimum absolute atomic E-state index is 0.0918. The third kappa shape index (κ3) is 8.83. The van der Waals surface area contributed by atoms with E-state index in [0.717, 1.165) is 5.56 Å². The lowest BCUT2D eigenvalue weighted by molar-refractivity contribution is -0.125. The van der Waals surface area contributed by atoms with Crippen molar-refractivity contribution in [1.82, 2.24) is 5.32 Å². The number of carbonyl (C=O) groups is 1. The van der Waals surface area contributed by atoms with Crippen LogP contribution in [-0.2, 0) is 16.1 Å². The number of ether oxygens (including phenoxy) is 4. The molecule has 10 heteroatoms. The summed E-state index contributed by atoms with van der Waals surface area (Å²) in [5, 5.41) is 6.46. The summed E-state index contributed by atoms with van der Waals surface area (Å²) in [7, 11) is 1.33. The van der Waals surface area contributed by atoms with Gasteiger partial charge in [0.15, 0.2) is 29.6 Å². The average Bonchev–Trinajstić information content (AvgIpc) is 2.79. The van der Waals surface area contributed by atoms with Crippen LogP contribution in [-0.4, -0.2) is 52.2 Å². The van der Waals surface area contributed by atoms with Crippen molar-refractivity contribution >= 4 is 12.1 Å². The van der Waals surface area contributed by atoms with Gasteiger partial charge in [0.2, 0.25) is 0 Å². The molecule has 2 aromatic rings. The van der Waals surface area contributed by atoms with Gasteiger partial charge >= 0.3 is 6.61 Å². The van der Waals surface area contributed by atoms with Gasteiger partial charge in [-0.3, -0.25) is 4.79 Å². The largest absolute Gasteiger partial charge is 0.493 e. The molecule has 0 aliphatic heterocycles. The number of halogens is 2. The molecule has 0 spiro atoms. The molecule has 1 amide bonds. The molecular weight excluding hydrogens is 438 g/mol. The molecule has 180 valence electrons. The van der Waals surface area contributed by atoms with Crippen LogP contribution in [0.4, 0.5) is 8.78 Å². The van der Waals surface area contributed by atoms with Crippen LogP contribution in [0.5, 0.6) is 23.0 Å². The second kappa shape index (κ2) is 13.8. The van der Waals surface area contributed by atoms with Crippen molar-refractivity contribution in [2.75, 3.05) is 33.5 Å². The van der Waals surface area contributed by atoms with Crippen molar-refractivity contribution in [2.45, 2.75) is 26.9 Å². The summed E-state index contributed by atoms with van der Waals surface area (Å²) in [4.78, 5) is 16.9. The highest BCUT2D eigenvalue weighted by molar-refractivity contribution is 5.81. The van der Waals surface area contributed by atoms with Crippen LogP contribution < -0.4 is 24.3 Å². The van der Waals surface area contributed by atoms with Crippen molar-refractivity contribution in [3.63, 3.8) is 0 Å². The second-order valence-electron chi connectivity index (χ2n) is 6.54. The fourth-order valence-electron chi connectivity index (χ4n) is 2.80. The number of hydrogen-bond donors (Lipinski definition) is 1. The molecule has 0 unspecified atom stereocenters. The quantitative estimate of drug-likeness (QED) is 0.337. The standard InChI is InChI=1S/C23H28F2N2O6/c1-4-30-18-8-6-16(12-21(18)31-5-2)10-11-26-22(28)15-32-27-14-17-7-9-19(33-23(24)25)20(13-17)29-3/h6-9,12-14,23H,4-5,10-11,15H2,1-3H3,(H,26,28)/b27-14+. The van der Waals surface area contributed by atoms with Gasteiger partial charge in [-0.2, -0.15) is 8.78 Å². The predicted octanol–water partition coefficient (Wildman–Crippen LogP) is 3.80. The Morgan fingerprint density at radius 2 is 1.76 bits per heavy atom. The number of alkyl halides is 2. The minimum Gasteiger partial charge on any atom is -0.493 e. The molecule has 0 atom stereocenters. The van der Waals surface area contributed by atoms with Crippen molar-refractivity contribution in [1.29, 1.82) is 0 Å². The van der Waals surface area contributed by atoms with E-state index >= 15 is 0 Å². The molecule has 1 N–H and O–H groups in total. The number of amides is 1. The van der Waals surface area contributed by atoms with Gasteiger partial charge < -0.3 is 29.1 Å². The number of rotatable bonds is 14. The van der Waals surface area contributed by atoms with Crippen molar-refractivity contribution in [3.8, 4) is 23.0 Å². The summed E-state index contributed by atoms with van der Waals surface area (Å²) in [6.45, 7) is 2.06. The van der Waals surface area contributed by atoms with Gasteiger partial charge in [0.25, 0.3) is 5.91 Å². The van der Waals surface area contributed by atoms with Crippen LogP contribution in [0.25, 0.3) is 0 Å². The van der Waals surface area contributed by atoms with E-state index in [-0.39, 0.29) is 24.0 Å². The number of nitrogens with one attached hydrogen (secondary N) is 1. The highest BCUT2D eigenvalue weighted by Gasteiger charge is 2.11. The Balaban J connectivity index is 1.77. The predicted molar refractivity (Wildman–Crippen MR) is 119 cm³/mol. The molecule has 0 aliphatic carbocycles. The smallest absolute Gasteiger partial charge is 0.387 e. The van der Waals surface area contributed by atoms with Crippen molar-refractivity contribution in [3.05, 3.63) is 47.5 Å². The van der Waals surface area contributed by atoms with Gasteiger partial charge in [-0.05, 0) is 56.2 Å². The molecule has 33 heavy (non-hydrogen) atoms. The maximum Gasteiger partial charge on any atom is 0.387 e. The first-order chi connectivity index (χ1) is 16.0. The first-order valence-corrected chi connectivity index (χ1v) is 10.4. The van der Waals surface area contributed by atoms with Crippen molar-refractivity contribution in [2.24, 2.45) is 5.16 Å². The van der Waals surface area contributed by atoms with Crippen LogP contribution in [0.2, 0.25) is 0 Å². The maximum absolute atomic E-state index is 12.4. The van der Waals surface area contributed by atoms with Crippen LogP contribution in [0, 0.1) is 0 Å². The van der Waals surface area contributed by atoms with Crippen molar-refractivity contribution < 1.29 is 37.4 Å². The summed E-state index contributed by atoms with van der Waals surface area (Å²) < 4.78 is 45.2. The van der Waals surface area contributed by atoms with Gasteiger partial charge in [-0.1, -0.05) is 11.2 Å². The molecule has 8 nitrogen and oxygen atoms in total. The van der Waals surface area contributed by atoms with Gasteiger partial charge in [-0.25, -0.2) is 0 Å². The molecule has 0 bridgehead atoms. The number of carbonyl (C=O) groups excluding carboxylic acids is 1. The molecule has 0 saturated carbocycles. The topological polar surface area (TPSA) is 87.6 Å². The zero-order valence-corrected chi connectivity index (χ0v) is 18.8. The van der Waals surface area contributed by atoms with Gasteiger partial charge in [0.05, 0.1) is 26.5 Å². The third-order valence-corrected chi connectivity index (χ3v) is 4.22. The van der Waals surface area contributed by atoms with Gasteiger partial charge in [-0.15, -0.1) is 0 Å². The van der Waals surface area contributed by atoms with E-state index in [2.05, 4.69) is 15.2 Å². The lowest BCUT2D eigenvalue weighted by Gasteiger charge is -2.12. The Morgan fingerprint density at radius 3 is 2.45 bits per heavy atom. The highest BCUT2D eigenvalue weighted by atomic mass is 19.3. The third-order valence-electron chi connectivity index (χ3n) is 4.22. The van der Waals surface area contributed by atoms with Crippen LogP contribution in [0.15, 0.2) is 41.6 Å². The molecule has 0 aromatic heterocycles. The molecule has 0 heterocycles. The Hall–Kier alpha value is -3.56. The summed E-state index contributed by atoms with van der Waals surface area (Å²) in [5.74, 6) is 1.06. The van der Waals surface area contributed by atoms with E-state index in [1.165, 1.54) is 31.5 Å². The van der Waals surface area contributed by atoms with E-state index in [1.807, 2.05) is 32.0 Å². The SMILES string of the molecule is CCOc1ccc(CCNC(=O)CO/N=C/c2ccc(OC(F)F)c(OC)c2)cc1OCC. The fourth-order valence-corrected chi connectivity index (χ4v) is 2.80. The Bertz CT molecular complexity index is 924. The van der Waals surface area contributed by atoms with Crippen LogP contribution in [0.1, 0.15) is 25.0 Å². The Kier molecular flexibility index (Phi) is 10.7. The minimum atomic E-state index is -2.96.